The van der Waals surface area contributed by atoms with Gasteiger partial charge in [0, 0.05) is 5.69 Å². The first-order valence-electron chi connectivity index (χ1n) is 5.59. The Bertz CT molecular complexity index is 751. The van der Waals surface area contributed by atoms with Gasteiger partial charge in [0.25, 0.3) is 0 Å². The smallest absolute Gasteiger partial charge is 0.338 e. The van der Waals surface area contributed by atoms with Gasteiger partial charge in [-0.1, -0.05) is 11.6 Å². The van der Waals surface area contributed by atoms with E-state index in [9.17, 15) is 9.59 Å². The van der Waals surface area contributed by atoms with Crippen LogP contribution in [0.1, 0.15) is 15.9 Å². The van der Waals surface area contributed by atoms with Gasteiger partial charge in [-0.05, 0) is 29.6 Å². The van der Waals surface area contributed by atoms with Crippen LogP contribution in [0.5, 0.6) is 0 Å². The summed E-state index contributed by atoms with van der Waals surface area (Å²) >= 11 is 6.96. The van der Waals surface area contributed by atoms with Gasteiger partial charge >= 0.3 is 12.0 Å². The van der Waals surface area contributed by atoms with E-state index in [0.29, 0.717) is 11.3 Å². The normalized spacial score (nSPS) is 9.71. The van der Waals surface area contributed by atoms with Gasteiger partial charge in [-0.25, -0.2) is 9.59 Å². The zero-order chi connectivity index (χ0) is 15.4. The molecule has 1 heterocycles. The van der Waals surface area contributed by atoms with Gasteiger partial charge in [-0.2, -0.15) is 5.26 Å². The van der Waals surface area contributed by atoms with Crippen LogP contribution in [-0.2, 0) is 0 Å². The number of rotatable bonds is 3. The van der Waals surface area contributed by atoms with Gasteiger partial charge in [-0.3, -0.25) is 5.32 Å². The number of carbonyl (C=O) groups is 2. The molecule has 3 N–H and O–H groups in total. The van der Waals surface area contributed by atoms with Crippen LogP contribution < -0.4 is 10.6 Å². The highest BCUT2D eigenvalue weighted by Crippen LogP contribution is 2.24. The molecule has 21 heavy (non-hydrogen) atoms. The van der Waals surface area contributed by atoms with Crippen molar-refractivity contribution in [1.29, 1.82) is 5.26 Å². The third-order valence-corrected chi connectivity index (χ3v) is 3.61. The quantitative estimate of drug-likeness (QED) is 0.803. The lowest BCUT2D eigenvalue weighted by molar-refractivity contribution is 0.0698. The molecule has 8 heteroatoms. The van der Waals surface area contributed by atoms with Crippen LogP contribution in [0, 0.1) is 11.3 Å². The minimum Gasteiger partial charge on any atom is -0.478 e. The van der Waals surface area contributed by atoms with Crippen LogP contribution in [0.2, 0.25) is 5.02 Å². The van der Waals surface area contributed by atoms with E-state index in [2.05, 4.69) is 10.6 Å². The topological polar surface area (TPSA) is 102 Å². The number of carboxylic acid groups (broad SMARTS) is 1. The number of carbonyl (C=O) groups excluding carboxylic acids is 1. The molecule has 1 aromatic heterocycles. The summed E-state index contributed by atoms with van der Waals surface area (Å²) in [6.07, 6.45) is 0. The Balaban J connectivity index is 2.08. The van der Waals surface area contributed by atoms with Crippen molar-refractivity contribution in [1.82, 2.24) is 0 Å². The van der Waals surface area contributed by atoms with E-state index < -0.39 is 12.0 Å². The number of anilines is 2. The molecule has 1 aromatic carbocycles. The van der Waals surface area contributed by atoms with Crippen molar-refractivity contribution in [3.63, 3.8) is 0 Å². The fraction of sp³-hybridized carbons (Fsp3) is 0. The summed E-state index contributed by atoms with van der Waals surface area (Å²) in [6.45, 7) is 0. The van der Waals surface area contributed by atoms with Gasteiger partial charge in [0.15, 0.2) is 0 Å². The van der Waals surface area contributed by atoms with Gasteiger partial charge in [-0.15, -0.1) is 11.3 Å². The standard InChI is InChI=1S/C13H8ClN3O3S/c14-10-5-8(2-1-7(10)6-15)16-13(20)17-11-9(12(18)19)3-4-21-11/h1-5H,(H,18,19)(H2,16,17,20). The van der Waals surface area contributed by atoms with E-state index in [0.717, 1.165) is 11.3 Å². The monoisotopic (exact) mass is 321 g/mol. The third-order valence-electron chi connectivity index (χ3n) is 2.47. The van der Waals surface area contributed by atoms with Crippen molar-refractivity contribution in [2.45, 2.75) is 0 Å². The maximum atomic E-state index is 11.8. The summed E-state index contributed by atoms with van der Waals surface area (Å²) in [5.41, 5.74) is 0.715. The van der Waals surface area contributed by atoms with Crippen LogP contribution in [0.15, 0.2) is 29.6 Å². The minimum absolute atomic E-state index is 0.0213. The number of thiophene rings is 1. The van der Waals surface area contributed by atoms with E-state index in [1.165, 1.54) is 24.3 Å². The number of aromatic carboxylic acids is 1. The molecule has 0 saturated heterocycles. The number of hydrogen-bond acceptors (Lipinski definition) is 4. The number of carboxylic acids is 1. The number of urea groups is 1. The average Bonchev–Trinajstić information content (AvgIpc) is 2.87. The largest absolute Gasteiger partial charge is 0.478 e. The molecule has 0 spiro atoms. The number of amides is 2. The van der Waals surface area contributed by atoms with Crippen molar-refractivity contribution < 1.29 is 14.7 Å². The number of hydrogen-bond donors (Lipinski definition) is 3. The Morgan fingerprint density at radius 3 is 2.67 bits per heavy atom. The molecule has 0 fully saturated rings. The first-order valence-corrected chi connectivity index (χ1v) is 6.85. The molecule has 2 aromatic rings. The summed E-state index contributed by atoms with van der Waals surface area (Å²) in [5, 5.41) is 24.7. The second-order valence-corrected chi connectivity index (χ2v) is 5.18. The Labute approximate surface area is 128 Å². The van der Waals surface area contributed by atoms with Crippen molar-refractivity contribution >= 4 is 45.6 Å². The summed E-state index contributed by atoms with van der Waals surface area (Å²) in [4.78, 5) is 22.7. The second-order valence-electron chi connectivity index (χ2n) is 3.85. The van der Waals surface area contributed by atoms with Crippen molar-refractivity contribution in [2.75, 3.05) is 10.6 Å². The first kappa shape index (κ1) is 14.8. The minimum atomic E-state index is -1.12. The Kier molecular flexibility index (Phi) is 4.42. The maximum Gasteiger partial charge on any atom is 0.338 e. The Morgan fingerprint density at radius 2 is 2.05 bits per heavy atom. The predicted molar refractivity (Wildman–Crippen MR) is 80.1 cm³/mol. The van der Waals surface area contributed by atoms with Crippen molar-refractivity contribution in [3.05, 3.63) is 45.8 Å². The first-order chi connectivity index (χ1) is 10.0. The second kappa shape index (κ2) is 6.26. The molecular weight excluding hydrogens is 314 g/mol. The van der Waals surface area contributed by atoms with Crippen molar-refractivity contribution in [3.8, 4) is 6.07 Å². The Hall–Kier alpha value is -2.56. The predicted octanol–water partition coefficient (Wildman–Crippen LogP) is 3.62. The van der Waals surface area contributed by atoms with E-state index in [1.54, 1.807) is 5.38 Å². The summed E-state index contributed by atoms with van der Waals surface area (Å²) in [5.74, 6) is -1.12. The highest BCUT2D eigenvalue weighted by molar-refractivity contribution is 7.14. The average molecular weight is 322 g/mol. The summed E-state index contributed by atoms with van der Waals surface area (Å²) in [6, 6.07) is 7.15. The molecule has 0 radical (unpaired) electrons. The fourth-order valence-electron chi connectivity index (χ4n) is 1.52. The lowest BCUT2D eigenvalue weighted by Gasteiger charge is -2.07. The van der Waals surface area contributed by atoms with Gasteiger partial charge < -0.3 is 10.4 Å². The molecule has 2 rings (SSSR count). The van der Waals surface area contributed by atoms with Gasteiger partial charge in [0.2, 0.25) is 0 Å². The number of halogens is 1. The maximum absolute atomic E-state index is 11.8. The SMILES string of the molecule is N#Cc1ccc(NC(=O)Nc2sccc2C(=O)O)cc1Cl. The highest BCUT2D eigenvalue weighted by Gasteiger charge is 2.14. The van der Waals surface area contributed by atoms with Crippen LogP contribution in [0.4, 0.5) is 15.5 Å². The molecule has 0 aliphatic carbocycles. The fourth-order valence-corrected chi connectivity index (χ4v) is 2.52. The molecular formula is C13H8ClN3O3S. The molecule has 0 saturated carbocycles. The molecule has 6 nitrogen and oxygen atoms in total. The van der Waals surface area contributed by atoms with E-state index in [4.69, 9.17) is 22.0 Å². The summed E-state index contributed by atoms with van der Waals surface area (Å²) < 4.78 is 0. The number of nitrogens with zero attached hydrogens (tertiary/aromatic N) is 1. The van der Waals surface area contributed by atoms with E-state index in [-0.39, 0.29) is 15.6 Å². The van der Waals surface area contributed by atoms with Crippen LogP contribution in [-0.4, -0.2) is 17.1 Å². The van der Waals surface area contributed by atoms with Crippen LogP contribution in [0.3, 0.4) is 0 Å². The van der Waals surface area contributed by atoms with Crippen LogP contribution in [0.25, 0.3) is 0 Å². The lowest BCUT2D eigenvalue weighted by Crippen LogP contribution is -2.20. The van der Waals surface area contributed by atoms with Crippen LogP contribution >= 0.6 is 22.9 Å². The molecule has 0 bridgehead atoms. The zero-order valence-corrected chi connectivity index (χ0v) is 12.0. The zero-order valence-electron chi connectivity index (χ0n) is 10.4. The number of nitrogens with one attached hydrogen (secondary N) is 2. The highest BCUT2D eigenvalue weighted by atomic mass is 35.5. The molecule has 0 aliphatic heterocycles. The molecule has 0 atom stereocenters. The Morgan fingerprint density at radius 1 is 1.29 bits per heavy atom. The van der Waals surface area contributed by atoms with Gasteiger partial charge in [0.1, 0.15) is 11.1 Å². The molecule has 2 amide bonds. The van der Waals surface area contributed by atoms with E-state index >= 15 is 0 Å². The van der Waals surface area contributed by atoms with E-state index in [1.807, 2.05) is 6.07 Å². The molecule has 0 aliphatic rings. The lowest BCUT2D eigenvalue weighted by atomic mass is 10.2. The third kappa shape index (κ3) is 3.51. The molecule has 106 valence electrons. The summed E-state index contributed by atoms with van der Waals surface area (Å²) in [7, 11) is 0. The number of benzene rings is 1. The van der Waals surface area contributed by atoms with Gasteiger partial charge in [0.05, 0.1) is 16.1 Å². The molecule has 0 unspecified atom stereocenters. The van der Waals surface area contributed by atoms with Crippen molar-refractivity contribution in [2.24, 2.45) is 0 Å². The number of nitriles is 1.